The number of hydrogen-bond acceptors (Lipinski definition) is 3. The molecule has 0 atom stereocenters. The highest BCUT2D eigenvalue weighted by Gasteiger charge is 2.17. The van der Waals surface area contributed by atoms with Gasteiger partial charge in [0.05, 0.1) is 0 Å². The molecule has 3 aromatic rings. The van der Waals surface area contributed by atoms with E-state index in [2.05, 4.69) is 4.98 Å². The van der Waals surface area contributed by atoms with E-state index in [1.165, 1.54) is 24.3 Å². The van der Waals surface area contributed by atoms with Crippen LogP contribution in [0.15, 0.2) is 59.6 Å². The Labute approximate surface area is 121 Å². The molecule has 0 spiro atoms. The van der Waals surface area contributed by atoms with E-state index in [1.54, 1.807) is 24.4 Å². The third kappa shape index (κ3) is 2.37. The monoisotopic (exact) mass is 307 g/mol. The first-order valence-electron chi connectivity index (χ1n) is 5.82. The molecule has 20 heavy (non-hydrogen) atoms. The van der Waals surface area contributed by atoms with Gasteiger partial charge in [-0.3, -0.25) is 0 Å². The van der Waals surface area contributed by atoms with Gasteiger partial charge in [0, 0.05) is 22.1 Å². The lowest BCUT2D eigenvalue weighted by Crippen LogP contribution is -2.09. The van der Waals surface area contributed by atoms with Crippen molar-refractivity contribution in [2.45, 2.75) is 4.90 Å². The second kappa shape index (κ2) is 4.85. The normalized spacial score (nSPS) is 11.7. The highest BCUT2D eigenvalue weighted by atomic mass is 35.5. The van der Waals surface area contributed by atoms with Gasteiger partial charge < -0.3 is 9.17 Å². The van der Waals surface area contributed by atoms with Crippen LogP contribution in [0, 0.1) is 0 Å². The molecule has 0 aliphatic heterocycles. The Morgan fingerprint density at radius 3 is 2.50 bits per heavy atom. The van der Waals surface area contributed by atoms with Crippen LogP contribution in [-0.4, -0.2) is 13.4 Å². The summed E-state index contributed by atoms with van der Waals surface area (Å²) in [6.07, 6.45) is 1.73. The number of aromatic nitrogens is 1. The Balaban J connectivity index is 2.01. The zero-order chi connectivity index (χ0) is 14.2. The fourth-order valence-electron chi connectivity index (χ4n) is 1.90. The van der Waals surface area contributed by atoms with Crippen LogP contribution in [0.2, 0.25) is 5.02 Å². The molecule has 0 fully saturated rings. The van der Waals surface area contributed by atoms with E-state index in [1.807, 2.05) is 6.07 Å². The minimum atomic E-state index is -3.87. The van der Waals surface area contributed by atoms with Crippen LogP contribution in [-0.2, 0) is 10.1 Å². The molecule has 0 aliphatic rings. The Kier molecular flexibility index (Phi) is 3.16. The number of rotatable bonds is 3. The third-order valence-electron chi connectivity index (χ3n) is 2.86. The number of nitrogens with one attached hydrogen (secondary N) is 1. The van der Waals surface area contributed by atoms with Crippen LogP contribution in [0.1, 0.15) is 0 Å². The smallest absolute Gasteiger partial charge is 0.339 e. The van der Waals surface area contributed by atoms with E-state index in [9.17, 15) is 8.42 Å². The van der Waals surface area contributed by atoms with Gasteiger partial charge in [-0.25, -0.2) is 0 Å². The molecule has 0 amide bonds. The second-order valence-corrected chi connectivity index (χ2v) is 6.17. The molecule has 1 N–H and O–H groups in total. The summed E-state index contributed by atoms with van der Waals surface area (Å²) in [7, 11) is -3.87. The van der Waals surface area contributed by atoms with Gasteiger partial charge >= 0.3 is 10.1 Å². The highest BCUT2D eigenvalue weighted by molar-refractivity contribution is 7.87. The van der Waals surface area contributed by atoms with Crippen molar-refractivity contribution in [1.82, 2.24) is 4.98 Å². The summed E-state index contributed by atoms with van der Waals surface area (Å²) in [5, 5.41) is 1.18. The number of hydrogen-bond donors (Lipinski definition) is 1. The van der Waals surface area contributed by atoms with Crippen LogP contribution in [0.25, 0.3) is 10.9 Å². The van der Waals surface area contributed by atoms with Crippen molar-refractivity contribution in [3.63, 3.8) is 0 Å². The van der Waals surface area contributed by atoms with Crippen molar-refractivity contribution < 1.29 is 12.6 Å². The Morgan fingerprint density at radius 1 is 1.00 bits per heavy atom. The van der Waals surface area contributed by atoms with E-state index in [-0.39, 0.29) is 4.90 Å². The molecule has 6 heteroatoms. The van der Waals surface area contributed by atoms with Crippen LogP contribution < -0.4 is 4.18 Å². The molecule has 0 aliphatic carbocycles. The van der Waals surface area contributed by atoms with E-state index in [4.69, 9.17) is 15.8 Å². The maximum atomic E-state index is 12.2. The summed E-state index contributed by atoms with van der Waals surface area (Å²) in [5.41, 5.74) is 0.814. The van der Waals surface area contributed by atoms with Crippen molar-refractivity contribution in [2.24, 2.45) is 0 Å². The first-order valence-corrected chi connectivity index (χ1v) is 7.61. The van der Waals surface area contributed by atoms with Gasteiger partial charge in [0.1, 0.15) is 4.90 Å². The summed E-state index contributed by atoms with van der Waals surface area (Å²) in [4.78, 5) is 3.06. The van der Waals surface area contributed by atoms with Gasteiger partial charge in [0.2, 0.25) is 0 Å². The van der Waals surface area contributed by atoms with Crippen molar-refractivity contribution in [3.8, 4) is 5.75 Å². The van der Waals surface area contributed by atoms with Gasteiger partial charge in [0.25, 0.3) is 0 Å². The molecule has 4 nitrogen and oxygen atoms in total. The first kappa shape index (κ1) is 13.0. The average molecular weight is 308 g/mol. The molecular formula is C14H10ClNO3S. The number of aromatic amines is 1. The molecule has 0 unspecified atom stereocenters. The lowest BCUT2D eigenvalue weighted by molar-refractivity contribution is 0.489. The predicted octanol–water partition coefficient (Wildman–Crippen LogP) is 3.59. The fourth-order valence-corrected chi connectivity index (χ4v) is 2.97. The topological polar surface area (TPSA) is 59.2 Å². The average Bonchev–Trinajstić information content (AvgIpc) is 2.88. The van der Waals surface area contributed by atoms with Gasteiger partial charge in [-0.1, -0.05) is 17.7 Å². The SMILES string of the molecule is O=S(=O)(Oc1cccc2[nH]ccc12)c1ccc(Cl)cc1. The molecule has 102 valence electrons. The molecule has 0 saturated carbocycles. The number of halogens is 1. The molecule has 2 aromatic carbocycles. The van der Waals surface area contributed by atoms with Crippen LogP contribution in [0.5, 0.6) is 5.75 Å². The van der Waals surface area contributed by atoms with Gasteiger partial charge in [-0.05, 0) is 42.5 Å². The molecular weight excluding hydrogens is 298 g/mol. The molecule has 0 bridgehead atoms. The fraction of sp³-hybridized carbons (Fsp3) is 0. The summed E-state index contributed by atoms with van der Waals surface area (Å²) in [6, 6.07) is 12.8. The second-order valence-electron chi connectivity index (χ2n) is 4.19. The predicted molar refractivity (Wildman–Crippen MR) is 77.6 cm³/mol. The lowest BCUT2D eigenvalue weighted by Gasteiger charge is -2.08. The standard InChI is InChI=1S/C14H10ClNO3S/c15-10-4-6-11(7-5-10)20(17,18)19-14-3-1-2-13-12(14)8-9-16-13/h1-9,16H. The van der Waals surface area contributed by atoms with E-state index in [0.717, 1.165) is 5.52 Å². The minimum Gasteiger partial charge on any atom is -0.378 e. The van der Waals surface area contributed by atoms with Crippen LogP contribution in [0.4, 0.5) is 0 Å². The quantitative estimate of drug-likeness (QED) is 0.752. The molecule has 1 aromatic heterocycles. The van der Waals surface area contributed by atoms with Crippen molar-refractivity contribution in [2.75, 3.05) is 0 Å². The van der Waals surface area contributed by atoms with Crippen molar-refractivity contribution >= 4 is 32.6 Å². The van der Waals surface area contributed by atoms with Crippen molar-refractivity contribution in [3.05, 3.63) is 59.8 Å². The molecule has 0 radical (unpaired) electrons. The molecule has 3 rings (SSSR count). The lowest BCUT2D eigenvalue weighted by atomic mass is 10.2. The van der Waals surface area contributed by atoms with Crippen molar-refractivity contribution in [1.29, 1.82) is 0 Å². The Bertz CT molecular complexity index is 854. The largest absolute Gasteiger partial charge is 0.378 e. The Hall–Kier alpha value is -1.98. The third-order valence-corrected chi connectivity index (χ3v) is 4.36. The maximum Gasteiger partial charge on any atom is 0.339 e. The molecule has 1 heterocycles. The maximum absolute atomic E-state index is 12.2. The summed E-state index contributed by atoms with van der Waals surface area (Å²) >= 11 is 5.75. The number of H-pyrrole nitrogens is 1. The van der Waals surface area contributed by atoms with E-state index in [0.29, 0.717) is 16.2 Å². The zero-order valence-electron chi connectivity index (χ0n) is 10.2. The first-order chi connectivity index (χ1) is 9.56. The number of benzene rings is 2. The minimum absolute atomic E-state index is 0.0643. The van der Waals surface area contributed by atoms with Gasteiger partial charge in [-0.2, -0.15) is 8.42 Å². The summed E-state index contributed by atoms with van der Waals surface area (Å²) in [5.74, 6) is 0.290. The zero-order valence-corrected chi connectivity index (χ0v) is 11.8. The highest BCUT2D eigenvalue weighted by Crippen LogP contribution is 2.27. The van der Waals surface area contributed by atoms with E-state index < -0.39 is 10.1 Å². The van der Waals surface area contributed by atoms with Crippen LogP contribution in [0.3, 0.4) is 0 Å². The summed E-state index contributed by atoms with van der Waals surface area (Å²) in [6.45, 7) is 0. The Morgan fingerprint density at radius 2 is 1.75 bits per heavy atom. The summed E-state index contributed by atoms with van der Waals surface area (Å²) < 4.78 is 29.6. The van der Waals surface area contributed by atoms with E-state index >= 15 is 0 Å². The van der Waals surface area contributed by atoms with Gasteiger partial charge in [-0.15, -0.1) is 0 Å². The van der Waals surface area contributed by atoms with Crippen LogP contribution >= 0.6 is 11.6 Å². The van der Waals surface area contributed by atoms with Gasteiger partial charge in [0.15, 0.2) is 5.75 Å². The number of fused-ring (bicyclic) bond motifs is 1. The molecule has 0 saturated heterocycles.